The van der Waals surface area contributed by atoms with Gasteiger partial charge in [0.25, 0.3) is 0 Å². The second-order valence-corrected chi connectivity index (χ2v) is 5.29. The maximum atomic E-state index is 4.26. The fourth-order valence-corrected chi connectivity index (χ4v) is 1.87. The van der Waals surface area contributed by atoms with Crippen molar-refractivity contribution in [1.29, 1.82) is 0 Å². The van der Waals surface area contributed by atoms with Crippen LogP contribution in [0.5, 0.6) is 0 Å². The molecule has 5 heteroatoms. The minimum absolute atomic E-state index is 0.235. The molecule has 0 spiro atoms. The summed E-state index contributed by atoms with van der Waals surface area (Å²) in [6.45, 7) is 5.26. The van der Waals surface area contributed by atoms with Crippen LogP contribution in [0, 0.1) is 0 Å². The number of halogens is 1. The van der Waals surface area contributed by atoms with E-state index in [9.17, 15) is 0 Å². The highest BCUT2D eigenvalue weighted by molar-refractivity contribution is 9.10. The molecule has 4 nitrogen and oxygen atoms in total. The molecule has 16 heavy (non-hydrogen) atoms. The van der Waals surface area contributed by atoms with Crippen molar-refractivity contribution in [2.24, 2.45) is 0 Å². The van der Waals surface area contributed by atoms with Crippen molar-refractivity contribution in [2.75, 3.05) is 17.2 Å². The first kappa shape index (κ1) is 11.6. The third kappa shape index (κ3) is 2.64. The third-order valence-electron chi connectivity index (χ3n) is 2.75. The Morgan fingerprint density at radius 3 is 2.69 bits per heavy atom. The van der Waals surface area contributed by atoms with Gasteiger partial charge in [-0.1, -0.05) is 6.92 Å². The summed E-state index contributed by atoms with van der Waals surface area (Å²) in [7, 11) is 0. The van der Waals surface area contributed by atoms with Crippen LogP contribution in [-0.2, 0) is 0 Å². The number of nitrogens with one attached hydrogen (secondary N) is 2. The first-order valence-corrected chi connectivity index (χ1v) is 6.46. The van der Waals surface area contributed by atoms with Gasteiger partial charge in [-0.15, -0.1) is 0 Å². The average Bonchev–Trinajstić information content (AvgIpc) is 2.98. The van der Waals surface area contributed by atoms with Crippen LogP contribution in [0.15, 0.2) is 10.8 Å². The molecule has 1 saturated carbocycles. The smallest absolute Gasteiger partial charge is 0.146 e. The van der Waals surface area contributed by atoms with Gasteiger partial charge in [0, 0.05) is 12.1 Å². The molecule has 0 radical (unpaired) electrons. The fourth-order valence-electron chi connectivity index (χ4n) is 1.42. The van der Waals surface area contributed by atoms with E-state index in [-0.39, 0.29) is 5.54 Å². The number of nitrogens with zero attached hydrogens (tertiary/aromatic N) is 2. The van der Waals surface area contributed by atoms with Gasteiger partial charge in [-0.2, -0.15) is 0 Å². The quantitative estimate of drug-likeness (QED) is 0.873. The van der Waals surface area contributed by atoms with Crippen LogP contribution >= 0.6 is 15.9 Å². The lowest BCUT2D eigenvalue weighted by molar-refractivity contribution is 0.817. The fraction of sp³-hybridized carbons (Fsp3) is 0.636. The molecule has 2 rings (SSSR count). The number of anilines is 2. The summed E-state index contributed by atoms with van der Waals surface area (Å²) >= 11 is 3.54. The lowest BCUT2D eigenvalue weighted by Crippen LogP contribution is -2.18. The number of hydrogen-bond acceptors (Lipinski definition) is 4. The van der Waals surface area contributed by atoms with Crippen molar-refractivity contribution >= 4 is 27.6 Å². The third-order valence-corrected chi connectivity index (χ3v) is 3.50. The molecular formula is C11H17BrN4. The van der Waals surface area contributed by atoms with Gasteiger partial charge in [-0.3, -0.25) is 0 Å². The molecular weight excluding hydrogens is 268 g/mol. The predicted octanol–water partition coefficient (Wildman–Crippen LogP) is 3.03. The largest absolute Gasteiger partial charge is 0.369 e. The Hall–Kier alpha value is -0.840. The molecule has 0 atom stereocenters. The summed E-state index contributed by atoms with van der Waals surface area (Å²) in [5.74, 6) is 1.75. The van der Waals surface area contributed by atoms with E-state index in [0.29, 0.717) is 0 Å². The number of rotatable bonds is 5. The lowest BCUT2D eigenvalue weighted by atomic mass is 10.3. The Kier molecular flexibility index (Phi) is 3.33. The molecule has 1 aliphatic carbocycles. The maximum Gasteiger partial charge on any atom is 0.146 e. The van der Waals surface area contributed by atoms with E-state index in [1.165, 1.54) is 12.8 Å². The van der Waals surface area contributed by atoms with Crippen LogP contribution in [0.3, 0.4) is 0 Å². The second-order valence-electron chi connectivity index (χ2n) is 4.50. The second kappa shape index (κ2) is 4.57. The van der Waals surface area contributed by atoms with E-state index in [1.807, 2.05) is 0 Å². The Morgan fingerprint density at radius 2 is 2.06 bits per heavy atom. The van der Waals surface area contributed by atoms with Crippen molar-refractivity contribution in [2.45, 2.75) is 38.6 Å². The zero-order valence-electron chi connectivity index (χ0n) is 9.68. The van der Waals surface area contributed by atoms with Crippen LogP contribution in [0.4, 0.5) is 11.6 Å². The summed E-state index contributed by atoms with van der Waals surface area (Å²) in [4.78, 5) is 8.48. The van der Waals surface area contributed by atoms with E-state index in [0.717, 1.165) is 29.1 Å². The highest BCUT2D eigenvalue weighted by atomic mass is 79.9. The van der Waals surface area contributed by atoms with E-state index in [2.05, 4.69) is 50.4 Å². The molecule has 1 aromatic heterocycles. The van der Waals surface area contributed by atoms with E-state index < -0.39 is 0 Å². The Balaban J connectivity index is 2.12. The van der Waals surface area contributed by atoms with Crippen LogP contribution in [0.25, 0.3) is 0 Å². The molecule has 88 valence electrons. The van der Waals surface area contributed by atoms with Crippen LogP contribution in [0.2, 0.25) is 0 Å². The molecule has 1 aliphatic rings. The molecule has 1 fully saturated rings. The van der Waals surface area contributed by atoms with Crippen molar-refractivity contribution in [3.63, 3.8) is 0 Å². The van der Waals surface area contributed by atoms with Crippen molar-refractivity contribution in [3.05, 3.63) is 10.8 Å². The first-order valence-electron chi connectivity index (χ1n) is 5.67. The molecule has 0 aliphatic heterocycles. The molecule has 1 heterocycles. The summed E-state index contributed by atoms with van der Waals surface area (Å²) in [5.41, 5.74) is 0.235. The van der Waals surface area contributed by atoms with Gasteiger partial charge in [-0.25, -0.2) is 9.97 Å². The number of aromatic nitrogens is 2. The molecule has 0 unspecified atom stereocenters. The highest BCUT2D eigenvalue weighted by Gasteiger charge is 2.38. The summed E-state index contributed by atoms with van der Waals surface area (Å²) in [5, 5.41) is 6.71. The summed E-state index contributed by atoms with van der Waals surface area (Å²) in [6.07, 6.45) is 5.09. The predicted molar refractivity (Wildman–Crippen MR) is 69.8 cm³/mol. The highest BCUT2D eigenvalue weighted by Crippen LogP contribution is 2.40. The van der Waals surface area contributed by atoms with Crippen molar-refractivity contribution in [1.82, 2.24) is 9.97 Å². The molecule has 1 aromatic rings. The van der Waals surface area contributed by atoms with Gasteiger partial charge in [-0.05, 0) is 42.1 Å². The standard InChI is InChI=1S/C11H17BrN4/c1-3-6-13-9-8(12)10(15-7-14-9)16-11(2)4-5-11/h7H,3-6H2,1-2H3,(H2,13,14,15,16). The lowest BCUT2D eigenvalue weighted by Gasteiger charge is -2.15. The normalized spacial score (nSPS) is 16.9. The monoisotopic (exact) mass is 284 g/mol. The summed E-state index contributed by atoms with van der Waals surface area (Å²) in [6, 6.07) is 0. The summed E-state index contributed by atoms with van der Waals surface area (Å²) < 4.78 is 0.927. The Labute approximate surface area is 104 Å². The molecule has 2 N–H and O–H groups in total. The van der Waals surface area contributed by atoms with Crippen molar-refractivity contribution < 1.29 is 0 Å². The van der Waals surface area contributed by atoms with Crippen LogP contribution < -0.4 is 10.6 Å². The topological polar surface area (TPSA) is 49.8 Å². The minimum Gasteiger partial charge on any atom is -0.369 e. The molecule has 0 bridgehead atoms. The van der Waals surface area contributed by atoms with Gasteiger partial charge in [0.15, 0.2) is 0 Å². The number of hydrogen-bond donors (Lipinski definition) is 2. The SMILES string of the molecule is CCCNc1ncnc(NC2(C)CC2)c1Br. The van der Waals surface area contributed by atoms with Crippen LogP contribution in [0.1, 0.15) is 33.1 Å². The Morgan fingerprint density at radius 1 is 1.38 bits per heavy atom. The average molecular weight is 285 g/mol. The van der Waals surface area contributed by atoms with Gasteiger partial charge in [0.1, 0.15) is 22.4 Å². The molecule has 0 aromatic carbocycles. The van der Waals surface area contributed by atoms with Gasteiger partial charge in [0.2, 0.25) is 0 Å². The van der Waals surface area contributed by atoms with E-state index in [1.54, 1.807) is 6.33 Å². The van der Waals surface area contributed by atoms with Crippen LogP contribution in [-0.4, -0.2) is 22.1 Å². The zero-order chi connectivity index (χ0) is 11.6. The minimum atomic E-state index is 0.235. The molecule has 0 saturated heterocycles. The first-order chi connectivity index (χ1) is 7.64. The maximum absolute atomic E-state index is 4.26. The van der Waals surface area contributed by atoms with Gasteiger partial charge in [0.05, 0.1) is 0 Å². The van der Waals surface area contributed by atoms with Gasteiger partial charge >= 0.3 is 0 Å². The zero-order valence-corrected chi connectivity index (χ0v) is 11.3. The van der Waals surface area contributed by atoms with E-state index in [4.69, 9.17) is 0 Å². The Bertz CT molecular complexity index is 376. The van der Waals surface area contributed by atoms with Crippen molar-refractivity contribution in [3.8, 4) is 0 Å². The molecule has 0 amide bonds. The van der Waals surface area contributed by atoms with E-state index >= 15 is 0 Å². The van der Waals surface area contributed by atoms with Gasteiger partial charge < -0.3 is 10.6 Å².